The van der Waals surface area contributed by atoms with Crippen LogP contribution in [0.1, 0.15) is 10.4 Å². The molecule has 0 unspecified atom stereocenters. The number of hydrogen-bond acceptors (Lipinski definition) is 6. The van der Waals surface area contributed by atoms with Gasteiger partial charge in [0.15, 0.2) is 17.1 Å². The van der Waals surface area contributed by atoms with Crippen LogP contribution < -0.4 is 19.5 Å². The minimum absolute atomic E-state index is 0.341. The number of nitrogens with one attached hydrogen (secondary N) is 1. The molecule has 3 aromatic carbocycles. The van der Waals surface area contributed by atoms with Crippen molar-refractivity contribution in [2.75, 3.05) is 26.6 Å². The van der Waals surface area contributed by atoms with Gasteiger partial charge < -0.3 is 23.9 Å². The van der Waals surface area contributed by atoms with E-state index in [2.05, 4.69) is 10.3 Å². The minimum Gasteiger partial charge on any atom is -0.493 e. The Hall–Kier alpha value is -3.42. The summed E-state index contributed by atoms with van der Waals surface area (Å²) in [5.74, 6) is 1.17. The molecule has 0 aliphatic carbocycles. The van der Waals surface area contributed by atoms with Crippen molar-refractivity contribution >= 4 is 45.9 Å². The van der Waals surface area contributed by atoms with Crippen LogP contribution in [0, 0.1) is 0 Å². The SMILES string of the molecule is COc1cc(C(=O)Nc2cccc(-c3nc4cc(Cl)cc(Cl)c4o3)c2)cc(OC)c1OC. The van der Waals surface area contributed by atoms with E-state index >= 15 is 0 Å². The molecule has 32 heavy (non-hydrogen) atoms. The monoisotopic (exact) mass is 472 g/mol. The Labute approximate surface area is 193 Å². The third kappa shape index (κ3) is 4.17. The van der Waals surface area contributed by atoms with Crippen molar-refractivity contribution in [2.45, 2.75) is 0 Å². The largest absolute Gasteiger partial charge is 0.493 e. The average molecular weight is 473 g/mol. The number of hydrogen-bond donors (Lipinski definition) is 1. The molecule has 1 amide bonds. The quantitative estimate of drug-likeness (QED) is 0.366. The summed E-state index contributed by atoms with van der Waals surface area (Å²) in [5, 5.41) is 3.69. The van der Waals surface area contributed by atoms with Crippen LogP contribution in [0.4, 0.5) is 5.69 Å². The zero-order valence-electron chi connectivity index (χ0n) is 17.4. The lowest BCUT2D eigenvalue weighted by molar-refractivity contribution is 0.102. The summed E-state index contributed by atoms with van der Waals surface area (Å²) >= 11 is 12.2. The van der Waals surface area contributed by atoms with Gasteiger partial charge in [-0.1, -0.05) is 29.3 Å². The molecule has 1 aromatic heterocycles. The Kier molecular flexibility index (Phi) is 6.12. The van der Waals surface area contributed by atoms with Gasteiger partial charge in [0.05, 0.1) is 26.4 Å². The molecule has 0 aliphatic heterocycles. The number of methoxy groups -OCH3 is 3. The van der Waals surface area contributed by atoms with Crippen molar-refractivity contribution in [3.63, 3.8) is 0 Å². The molecule has 4 rings (SSSR count). The van der Waals surface area contributed by atoms with Crippen molar-refractivity contribution in [3.8, 4) is 28.7 Å². The lowest BCUT2D eigenvalue weighted by atomic mass is 10.1. The first-order valence-electron chi connectivity index (χ1n) is 9.41. The first-order valence-corrected chi connectivity index (χ1v) is 10.2. The van der Waals surface area contributed by atoms with Gasteiger partial charge in [0.1, 0.15) is 5.52 Å². The second-order valence-corrected chi connectivity index (χ2v) is 7.55. The first-order chi connectivity index (χ1) is 15.4. The second kappa shape index (κ2) is 8.98. The van der Waals surface area contributed by atoms with Gasteiger partial charge in [0.2, 0.25) is 11.6 Å². The Balaban J connectivity index is 1.64. The predicted octanol–water partition coefficient (Wildman–Crippen LogP) is 6.08. The van der Waals surface area contributed by atoms with E-state index < -0.39 is 0 Å². The number of ether oxygens (including phenoxy) is 3. The Morgan fingerprint density at radius 2 is 1.69 bits per heavy atom. The minimum atomic E-state index is -0.353. The van der Waals surface area contributed by atoms with E-state index in [0.29, 0.717) is 61.1 Å². The number of halogens is 2. The van der Waals surface area contributed by atoms with Crippen molar-refractivity contribution in [1.82, 2.24) is 4.98 Å². The summed E-state index contributed by atoms with van der Waals surface area (Å²) < 4.78 is 21.7. The maximum absolute atomic E-state index is 12.9. The topological polar surface area (TPSA) is 82.8 Å². The number of anilines is 1. The third-order valence-corrected chi connectivity index (χ3v) is 5.20. The number of amides is 1. The van der Waals surface area contributed by atoms with Gasteiger partial charge in [-0.3, -0.25) is 4.79 Å². The van der Waals surface area contributed by atoms with Crippen LogP contribution in [-0.4, -0.2) is 32.2 Å². The van der Waals surface area contributed by atoms with E-state index in [1.165, 1.54) is 21.3 Å². The normalized spacial score (nSPS) is 10.8. The fourth-order valence-corrected chi connectivity index (χ4v) is 3.75. The molecule has 0 saturated heterocycles. The van der Waals surface area contributed by atoms with Crippen LogP contribution in [0.2, 0.25) is 10.0 Å². The van der Waals surface area contributed by atoms with Gasteiger partial charge in [-0.05, 0) is 42.5 Å². The molecule has 0 atom stereocenters. The second-order valence-electron chi connectivity index (χ2n) is 6.70. The summed E-state index contributed by atoms with van der Waals surface area (Å²) in [4.78, 5) is 17.3. The number of carbonyl (C=O) groups excluding carboxylic acids is 1. The molecule has 4 aromatic rings. The fraction of sp³-hybridized carbons (Fsp3) is 0.130. The van der Waals surface area contributed by atoms with Crippen molar-refractivity contribution < 1.29 is 23.4 Å². The van der Waals surface area contributed by atoms with Crippen LogP contribution >= 0.6 is 23.2 Å². The number of nitrogens with zero attached hydrogens (tertiary/aromatic N) is 1. The lowest BCUT2D eigenvalue weighted by Crippen LogP contribution is -2.12. The highest BCUT2D eigenvalue weighted by atomic mass is 35.5. The molecular weight excluding hydrogens is 455 g/mol. The van der Waals surface area contributed by atoms with Gasteiger partial charge in [-0.2, -0.15) is 0 Å². The number of benzene rings is 3. The summed E-state index contributed by atoms with van der Waals surface area (Å²) in [7, 11) is 4.48. The third-order valence-electron chi connectivity index (χ3n) is 4.70. The van der Waals surface area contributed by atoms with Crippen LogP contribution in [-0.2, 0) is 0 Å². The van der Waals surface area contributed by atoms with Crippen molar-refractivity contribution in [1.29, 1.82) is 0 Å². The summed E-state index contributed by atoms with van der Waals surface area (Å²) in [5.41, 5.74) is 2.54. The van der Waals surface area contributed by atoms with E-state index in [9.17, 15) is 4.79 Å². The van der Waals surface area contributed by atoms with E-state index in [0.717, 1.165) is 0 Å². The van der Waals surface area contributed by atoms with Gasteiger partial charge in [-0.25, -0.2) is 4.98 Å². The Morgan fingerprint density at radius 1 is 0.969 bits per heavy atom. The molecule has 0 fully saturated rings. The summed E-state index contributed by atoms with van der Waals surface area (Å²) in [6, 6.07) is 13.5. The highest BCUT2D eigenvalue weighted by Crippen LogP contribution is 2.38. The lowest BCUT2D eigenvalue weighted by Gasteiger charge is -2.14. The number of oxazole rings is 1. The van der Waals surface area contributed by atoms with Crippen LogP contribution in [0.15, 0.2) is 52.9 Å². The fourth-order valence-electron chi connectivity index (χ4n) is 3.23. The molecule has 164 valence electrons. The van der Waals surface area contributed by atoms with E-state index in [4.69, 9.17) is 41.8 Å². The molecule has 0 aliphatic rings. The molecule has 0 bridgehead atoms. The van der Waals surface area contributed by atoms with Crippen molar-refractivity contribution in [3.05, 3.63) is 64.1 Å². The molecular formula is C23H18Cl2N2O5. The van der Waals surface area contributed by atoms with Gasteiger partial charge in [-0.15, -0.1) is 0 Å². The molecule has 7 nitrogen and oxygen atoms in total. The standard InChI is InChI=1S/C23H18Cl2N2O5/c1-29-18-8-13(9-19(30-2)21(18)31-3)22(28)26-15-6-4-5-12(7-15)23-27-17-11-14(24)10-16(25)20(17)32-23/h4-11H,1-3H3,(H,26,28). The van der Waals surface area contributed by atoms with Crippen LogP contribution in [0.3, 0.4) is 0 Å². The number of fused-ring (bicyclic) bond motifs is 1. The Bertz CT molecular complexity index is 1290. The predicted molar refractivity (Wildman–Crippen MR) is 124 cm³/mol. The Morgan fingerprint density at radius 3 is 2.34 bits per heavy atom. The van der Waals surface area contributed by atoms with Crippen LogP contribution in [0.25, 0.3) is 22.6 Å². The summed E-state index contributed by atoms with van der Waals surface area (Å²) in [6.07, 6.45) is 0. The average Bonchev–Trinajstić information content (AvgIpc) is 3.22. The van der Waals surface area contributed by atoms with Crippen molar-refractivity contribution in [2.24, 2.45) is 0 Å². The van der Waals surface area contributed by atoms with E-state index in [1.807, 2.05) is 6.07 Å². The smallest absolute Gasteiger partial charge is 0.255 e. The molecule has 9 heteroatoms. The van der Waals surface area contributed by atoms with E-state index in [1.54, 1.807) is 42.5 Å². The number of carbonyl (C=O) groups is 1. The zero-order valence-corrected chi connectivity index (χ0v) is 18.9. The molecule has 0 spiro atoms. The summed E-state index contributed by atoms with van der Waals surface area (Å²) in [6.45, 7) is 0. The molecule has 0 saturated carbocycles. The maximum atomic E-state index is 12.9. The molecule has 0 radical (unpaired) electrons. The zero-order chi connectivity index (χ0) is 22.8. The van der Waals surface area contributed by atoms with Gasteiger partial charge in [0.25, 0.3) is 5.91 Å². The number of aromatic nitrogens is 1. The highest BCUT2D eigenvalue weighted by Gasteiger charge is 2.18. The van der Waals surface area contributed by atoms with Gasteiger partial charge in [0, 0.05) is 21.8 Å². The first kappa shape index (κ1) is 21.8. The van der Waals surface area contributed by atoms with E-state index in [-0.39, 0.29) is 5.91 Å². The molecule has 1 N–H and O–H groups in total. The van der Waals surface area contributed by atoms with Crippen LogP contribution in [0.5, 0.6) is 17.2 Å². The maximum Gasteiger partial charge on any atom is 0.255 e. The highest BCUT2D eigenvalue weighted by molar-refractivity contribution is 6.38. The molecule has 1 heterocycles. The number of rotatable bonds is 6. The van der Waals surface area contributed by atoms with Gasteiger partial charge >= 0.3 is 0 Å².